The van der Waals surface area contributed by atoms with Gasteiger partial charge < -0.3 is 9.30 Å². The number of piperidine rings is 1. The van der Waals surface area contributed by atoms with E-state index in [0.29, 0.717) is 42.0 Å². The van der Waals surface area contributed by atoms with Gasteiger partial charge in [0, 0.05) is 26.7 Å². The van der Waals surface area contributed by atoms with Crippen LogP contribution in [0.5, 0.6) is 0 Å². The van der Waals surface area contributed by atoms with Crippen LogP contribution < -0.4 is 4.80 Å². The molecule has 1 aromatic heterocycles. The standard InChI is InChI=1S/C23H26FN3O4S2/c1-16-5-8-19(9-6-16)33(29,30)26-11-3-4-17(15-26)22(28)25-23-27(12-13-31-2)20-10-7-18(24)14-21(20)32-23/h5-10,14,17H,3-4,11-13,15H2,1-2H3. The summed E-state index contributed by atoms with van der Waals surface area (Å²) in [7, 11) is -2.10. The number of methoxy groups -OCH3 is 1. The first-order chi connectivity index (χ1) is 15.8. The fraction of sp³-hybridized carbons (Fsp3) is 0.391. The Kier molecular flexibility index (Phi) is 7.08. The van der Waals surface area contributed by atoms with Crippen LogP contribution in [-0.4, -0.2) is 50.0 Å². The third-order valence-electron chi connectivity index (χ3n) is 5.76. The van der Waals surface area contributed by atoms with Crippen molar-refractivity contribution in [3.05, 3.63) is 58.6 Å². The number of thiazole rings is 1. The van der Waals surface area contributed by atoms with Crippen LogP contribution in [0.1, 0.15) is 18.4 Å². The number of carbonyl (C=O) groups excluding carboxylic acids is 1. The molecule has 10 heteroatoms. The number of sulfonamides is 1. The predicted molar refractivity (Wildman–Crippen MR) is 125 cm³/mol. The van der Waals surface area contributed by atoms with Crippen molar-refractivity contribution < 1.29 is 22.3 Å². The van der Waals surface area contributed by atoms with E-state index < -0.39 is 15.9 Å². The van der Waals surface area contributed by atoms with Gasteiger partial charge in [-0.25, -0.2) is 12.8 Å². The van der Waals surface area contributed by atoms with Crippen LogP contribution in [0.2, 0.25) is 0 Å². The minimum Gasteiger partial charge on any atom is -0.383 e. The summed E-state index contributed by atoms with van der Waals surface area (Å²) < 4.78 is 48.9. The Balaban J connectivity index is 1.62. The molecule has 1 amide bonds. The molecular weight excluding hydrogens is 465 g/mol. The van der Waals surface area contributed by atoms with E-state index in [-0.39, 0.29) is 23.2 Å². The molecule has 176 valence electrons. The largest absolute Gasteiger partial charge is 0.383 e. The van der Waals surface area contributed by atoms with Crippen molar-refractivity contribution in [1.82, 2.24) is 8.87 Å². The molecule has 4 rings (SSSR count). The summed E-state index contributed by atoms with van der Waals surface area (Å²) in [6, 6.07) is 11.2. The lowest BCUT2D eigenvalue weighted by atomic mass is 9.99. The minimum atomic E-state index is -3.68. The number of rotatable bonds is 6. The van der Waals surface area contributed by atoms with Crippen LogP contribution in [0.15, 0.2) is 52.4 Å². The highest BCUT2D eigenvalue weighted by Gasteiger charge is 2.33. The molecule has 1 fully saturated rings. The van der Waals surface area contributed by atoms with Crippen LogP contribution >= 0.6 is 11.3 Å². The molecule has 0 bridgehead atoms. The maximum Gasteiger partial charge on any atom is 0.252 e. The van der Waals surface area contributed by atoms with Gasteiger partial charge in [-0.1, -0.05) is 29.0 Å². The zero-order chi connectivity index (χ0) is 23.6. The molecular formula is C23H26FN3O4S2. The summed E-state index contributed by atoms with van der Waals surface area (Å²) in [6.45, 7) is 3.24. The van der Waals surface area contributed by atoms with Gasteiger partial charge in [0.15, 0.2) is 4.80 Å². The Bertz CT molecular complexity index is 1330. The van der Waals surface area contributed by atoms with E-state index in [1.807, 2.05) is 11.5 Å². The van der Waals surface area contributed by atoms with Gasteiger partial charge in [0.1, 0.15) is 5.82 Å². The monoisotopic (exact) mass is 491 g/mol. The number of halogens is 1. The smallest absolute Gasteiger partial charge is 0.252 e. The number of aryl methyl sites for hydroxylation is 1. The highest BCUT2D eigenvalue weighted by molar-refractivity contribution is 7.89. The van der Waals surface area contributed by atoms with Gasteiger partial charge >= 0.3 is 0 Å². The molecule has 2 aromatic carbocycles. The summed E-state index contributed by atoms with van der Waals surface area (Å²) >= 11 is 1.23. The van der Waals surface area contributed by atoms with Gasteiger partial charge in [-0.05, 0) is 50.1 Å². The lowest BCUT2D eigenvalue weighted by molar-refractivity contribution is -0.122. The average Bonchev–Trinajstić information content (AvgIpc) is 3.13. The fourth-order valence-corrected chi connectivity index (χ4v) is 6.55. The van der Waals surface area contributed by atoms with Gasteiger partial charge in [-0.3, -0.25) is 4.79 Å². The summed E-state index contributed by atoms with van der Waals surface area (Å²) in [5.41, 5.74) is 1.75. The summed E-state index contributed by atoms with van der Waals surface area (Å²) in [5.74, 6) is -1.25. The zero-order valence-electron chi connectivity index (χ0n) is 18.5. The number of hydrogen-bond donors (Lipinski definition) is 0. The highest BCUT2D eigenvalue weighted by atomic mass is 32.2. The van der Waals surface area contributed by atoms with Crippen molar-refractivity contribution in [2.75, 3.05) is 26.8 Å². The Morgan fingerprint density at radius 2 is 2.00 bits per heavy atom. The SMILES string of the molecule is COCCn1c(=NC(=O)C2CCCN(S(=O)(=O)c3ccc(C)cc3)C2)sc2cc(F)ccc21. The van der Waals surface area contributed by atoms with E-state index in [9.17, 15) is 17.6 Å². The Morgan fingerprint density at radius 1 is 1.24 bits per heavy atom. The summed E-state index contributed by atoms with van der Waals surface area (Å²) in [4.78, 5) is 18.1. The van der Waals surface area contributed by atoms with Crippen LogP contribution in [-0.2, 0) is 26.1 Å². The first kappa shape index (κ1) is 23.7. The van der Waals surface area contributed by atoms with Gasteiger partial charge in [0.25, 0.3) is 5.91 Å². The van der Waals surface area contributed by atoms with E-state index in [1.165, 1.54) is 27.8 Å². The van der Waals surface area contributed by atoms with Crippen LogP contribution in [0.3, 0.4) is 0 Å². The molecule has 0 N–H and O–H groups in total. The molecule has 33 heavy (non-hydrogen) atoms. The lowest BCUT2D eigenvalue weighted by Gasteiger charge is -2.30. The van der Waals surface area contributed by atoms with Crippen molar-refractivity contribution in [2.24, 2.45) is 10.9 Å². The molecule has 0 spiro atoms. The molecule has 2 heterocycles. The first-order valence-corrected chi connectivity index (χ1v) is 13.0. The number of nitrogens with zero attached hydrogens (tertiary/aromatic N) is 3. The number of carbonyl (C=O) groups is 1. The van der Waals surface area contributed by atoms with Crippen molar-refractivity contribution in [3.8, 4) is 0 Å². The molecule has 1 atom stereocenters. The molecule has 3 aromatic rings. The van der Waals surface area contributed by atoms with E-state index >= 15 is 0 Å². The van der Waals surface area contributed by atoms with E-state index in [0.717, 1.165) is 11.1 Å². The third kappa shape index (κ3) is 5.08. The summed E-state index contributed by atoms with van der Waals surface area (Å²) in [5, 5.41) is 0. The van der Waals surface area contributed by atoms with E-state index in [4.69, 9.17) is 4.74 Å². The normalized spacial score (nSPS) is 18.2. The van der Waals surface area contributed by atoms with Crippen molar-refractivity contribution in [1.29, 1.82) is 0 Å². The van der Waals surface area contributed by atoms with Crippen LogP contribution in [0.4, 0.5) is 4.39 Å². The maximum absolute atomic E-state index is 13.7. The number of amides is 1. The van der Waals surface area contributed by atoms with Crippen molar-refractivity contribution in [3.63, 3.8) is 0 Å². The molecule has 7 nitrogen and oxygen atoms in total. The van der Waals surface area contributed by atoms with Gasteiger partial charge in [-0.2, -0.15) is 9.30 Å². The Morgan fingerprint density at radius 3 is 2.73 bits per heavy atom. The highest BCUT2D eigenvalue weighted by Crippen LogP contribution is 2.25. The minimum absolute atomic E-state index is 0.0934. The van der Waals surface area contributed by atoms with Gasteiger partial charge in [-0.15, -0.1) is 0 Å². The lowest BCUT2D eigenvalue weighted by Crippen LogP contribution is -2.42. The second-order valence-corrected chi connectivity index (χ2v) is 11.1. The fourth-order valence-electron chi connectivity index (χ4n) is 3.94. The molecule has 1 unspecified atom stereocenters. The Labute approximate surface area is 196 Å². The maximum atomic E-state index is 13.7. The average molecular weight is 492 g/mol. The topological polar surface area (TPSA) is 81.0 Å². The number of hydrogen-bond acceptors (Lipinski definition) is 5. The molecule has 0 saturated carbocycles. The number of aromatic nitrogens is 1. The van der Waals surface area contributed by atoms with Crippen molar-refractivity contribution in [2.45, 2.75) is 31.2 Å². The number of benzene rings is 2. The molecule has 0 radical (unpaired) electrons. The van der Waals surface area contributed by atoms with Crippen LogP contribution in [0, 0.1) is 18.7 Å². The molecule has 1 saturated heterocycles. The molecule has 0 aliphatic carbocycles. The first-order valence-electron chi connectivity index (χ1n) is 10.7. The van der Waals surface area contributed by atoms with E-state index in [2.05, 4.69) is 4.99 Å². The quantitative estimate of drug-likeness (QED) is 0.530. The molecule has 1 aliphatic rings. The van der Waals surface area contributed by atoms with Crippen molar-refractivity contribution >= 4 is 37.5 Å². The molecule has 1 aliphatic heterocycles. The zero-order valence-corrected chi connectivity index (χ0v) is 20.2. The van der Waals surface area contributed by atoms with E-state index in [1.54, 1.807) is 37.4 Å². The number of fused-ring (bicyclic) bond motifs is 1. The van der Waals surface area contributed by atoms with Gasteiger partial charge in [0.05, 0.1) is 27.6 Å². The second-order valence-electron chi connectivity index (χ2n) is 8.11. The number of ether oxygens (including phenoxy) is 1. The van der Waals surface area contributed by atoms with Gasteiger partial charge in [0.2, 0.25) is 10.0 Å². The summed E-state index contributed by atoms with van der Waals surface area (Å²) in [6.07, 6.45) is 1.15. The second kappa shape index (κ2) is 9.84. The predicted octanol–water partition coefficient (Wildman–Crippen LogP) is 3.32. The van der Waals surface area contributed by atoms with Crippen LogP contribution in [0.25, 0.3) is 10.2 Å². The third-order valence-corrected chi connectivity index (χ3v) is 8.68. The Hall–Kier alpha value is -2.40.